The van der Waals surface area contributed by atoms with Crippen molar-refractivity contribution in [1.82, 2.24) is 15.3 Å². The second-order valence-electron chi connectivity index (χ2n) is 10.7. The lowest BCUT2D eigenvalue weighted by atomic mass is 10.1. The van der Waals surface area contributed by atoms with Crippen LogP contribution in [0, 0.1) is 0 Å². The molecule has 2 aromatic carbocycles. The van der Waals surface area contributed by atoms with E-state index in [0.29, 0.717) is 53.0 Å². The number of thiazole rings is 2. The molecule has 0 atom stereocenters. The molecule has 1 aliphatic rings. The summed E-state index contributed by atoms with van der Waals surface area (Å²) in [6, 6.07) is 16.4. The Morgan fingerprint density at radius 2 is 1.77 bits per heavy atom. The van der Waals surface area contributed by atoms with Gasteiger partial charge in [0.15, 0.2) is 5.71 Å². The minimum atomic E-state index is -0.499. The first-order valence-electron chi connectivity index (χ1n) is 14.0. The lowest BCUT2D eigenvalue weighted by Gasteiger charge is -2.19. The number of carbonyl (C=O) groups is 3. The maximum atomic E-state index is 13.5. The number of nitrogens with zero attached hydrogens (tertiary/aromatic N) is 5. The number of hydrazone groups is 2. The van der Waals surface area contributed by atoms with Crippen LogP contribution in [0.5, 0.6) is 0 Å². The van der Waals surface area contributed by atoms with Gasteiger partial charge < -0.3 is 10.1 Å². The molecular formula is C31H31N7O4S2. The molecule has 1 aliphatic heterocycles. The van der Waals surface area contributed by atoms with E-state index in [1.807, 2.05) is 74.0 Å². The summed E-state index contributed by atoms with van der Waals surface area (Å²) < 4.78 is 5.30. The number of ether oxygens (including phenoxy) is 1. The summed E-state index contributed by atoms with van der Waals surface area (Å²) >= 11 is 2.65. The van der Waals surface area contributed by atoms with Gasteiger partial charge in [-0.1, -0.05) is 42.5 Å². The molecule has 0 saturated heterocycles. The summed E-state index contributed by atoms with van der Waals surface area (Å²) in [5.41, 5.74) is 5.63. The van der Waals surface area contributed by atoms with Crippen LogP contribution in [-0.4, -0.2) is 51.3 Å². The largest absolute Gasteiger partial charge is 0.460 e. The number of rotatable bonds is 11. The highest BCUT2D eigenvalue weighted by Crippen LogP contribution is 2.30. The van der Waals surface area contributed by atoms with E-state index >= 15 is 0 Å². The molecule has 3 heterocycles. The monoisotopic (exact) mass is 629 g/mol. The number of benzene rings is 2. The van der Waals surface area contributed by atoms with Gasteiger partial charge in [-0.25, -0.2) is 9.97 Å². The van der Waals surface area contributed by atoms with Gasteiger partial charge in [0.1, 0.15) is 11.3 Å². The van der Waals surface area contributed by atoms with Crippen molar-refractivity contribution in [3.05, 3.63) is 82.7 Å². The van der Waals surface area contributed by atoms with Gasteiger partial charge in [-0.3, -0.25) is 19.8 Å². The molecule has 0 fully saturated rings. The van der Waals surface area contributed by atoms with E-state index in [4.69, 9.17) is 4.74 Å². The molecular weight excluding hydrogens is 599 g/mol. The molecule has 0 bridgehead atoms. The van der Waals surface area contributed by atoms with Gasteiger partial charge in [0.05, 0.1) is 5.69 Å². The van der Waals surface area contributed by atoms with Crippen molar-refractivity contribution in [1.29, 1.82) is 0 Å². The fraction of sp³-hybridized carbons (Fsp3) is 0.258. The molecule has 226 valence electrons. The predicted octanol–water partition coefficient (Wildman–Crippen LogP) is 5.73. The highest BCUT2D eigenvalue weighted by atomic mass is 32.1. The molecule has 2 N–H and O–H groups in total. The Morgan fingerprint density at radius 3 is 2.48 bits per heavy atom. The van der Waals surface area contributed by atoms with Gasteiger partial charge in [-0.15, -0.1) is 22.7 Å². The summed E-state index contributed by atoms with van der Waals surface area (Å²) in [7, 11) is 0. The molecule has 44 heavy (non-hydrogen) atoms. The minimum absolute atomic E-state index is 0.156. The Bertz CT molecular complexity index is 1680. The zero-order valence-electron chi connectivity index (χ0n) is 24.4. The van der Waals surface area contributed by atoms with Gasteiger partial charge >= 0.3 is 11.9 Å². The number of anilines is 2. The molecule has 0 unspecified atom stereocenters. The lowest BCUT2D eigenvalue weighted by molar-refractivity contribution is -0.154. The highest BCUT2D eigenvalue weighted by molar-refractivity contribution is 7.14. The third-order valence-corrected chi connectivity index (χ3v) is 7.69. The maximum absolute atomic E-state index is 13.5. The van der Waals surface area contributed by atoms with Crippen LogP contribution in [0.4, 0.5) is 10.3 Å². The van der Waals surface area contributed by atoms with Gasteiger partial charge in [-0.2, -0.15) is 15.2 Å². The van der Waals surface area contributed by atoms with Crippen LogP contribution >= 0.6 is 22.7 Å². The normalized spacial score (nSPS) is 14.1. The second kappa shape index (κ2) is 13.7. The van der Waals surface area contributed by atoms with Crippen molar-refractivity contribution in [3.63, 3.8) is 0 Å². The highest BCUT2D eigenvalue weighted by Gasteiger charge is 2.36. The Kier molecular flexibility index (Phi) is 9.56. The Morgan fingerprint density at radius 1 is 1.00 bits per heavy atom. The van der Waals surface area contributed by atoms with Gasteiger partial charge in [0, 0.05) is 46.6 Å². The van der Waals surface area contributed by atoms with Crippen molar-refractivity contribution >= 4 is 62.1 Å². The maximum Gasteiger partial charge on any atom is 0.306 e. The van der Waals surface area contributed by atoms with Gasteiger partial charge in [0.25, 0.3) is 5.91 Å². The number of nitrogens with one attached hydrogen (secondary N) is 2. The molecule has 0 spiro atoms. The molecule has 0 radical (unpaired) electrons. The predicted molar refractivity (Wildman–Crippen MR) is 173 cm³/mol. The van der Waals surface area contributed by atoms with E-state index in [0.717, 1.165) is 11.1 Å². The third kappa shape index (κ3) is 7.79. The standard InChI is InChI=1S/C31H31N7O4S2/c1-31(2,3)42-24(39)11-7-8-16-32-27(40)22-14-12-20(13-15-22)23-19-44-30(34-23)38-28(41)26(35-36-29-33-17-18-43-29)25(37-38)21-9-5-4-6-10-21/h4-6,9-10,12-15,17-19H,7-8,11,16H2,1-3H3,(H,32,40)(H,33,36)/b35-26+. The van der Waals surface area contributed by atoms with Crippen LogP contribution in [0.25, 0.3) is 11.3 Å². The number of amides is 2. The first kappa shape index (κ1) is 30.7. The number of hydrogen-bond donors (Lipinski definition) is 2. The van der Waals surface area contributed by atoms with Crippen molar-refractivity contribution in [3.8, 4) is 11.3 Å². The molecule has 4 aromatic rings. The Labute approximate surface area is 262 Å². The molecule has 2 aromatic heterocycles. The molecule has 11 nitrogen and oxygen atoms in total. The molecule has 5 rings (SSSR count). The minimum Gasteiger partial charge on any atom is -0.460 e. The number of aromatic nitrogens is 2. The smallest absolute Gasteiger partial charge is 0.306 e. The van der Waals surface area contributed by atoms with Crippen LogP contribution in [0.1, 0.15) is 56.0 Å². The summed E-state index contributed by atoms with van der Waals surface area (Å²) in [5, 5.41) is 17.7. The zero-order chi connectivity index (χ0) is 31.1. The van der Waals surface area contributed by atoms with E-state index in [2.05, 4.69) is 30.9 Å². The van der Waals surface area contributed by atoms with Crippen molar-refractivity contribution in [2.45, 2.75) is 45.6 Å². The second-order valence-corrected chi connectivity index (χ2v) is 12.5. The van der Waals surface area contributed by atoms with Crippen molar-refractivity contribution < 1.29 is 19.1 Å². The number of esters is 1. The van der Waals surface area contributed by atoms with E-state index in [1.165, 1.54) is 27.7 Å². The fourth-order valence-electron chi connectivity index (χ4n) is 4.17. The lowest BCUT2D eigenvalue weighted by Crippen LogP contribution is -2.28. The first-order chi connectivity index (χ1) is 21.2. The van der Waals surface area contributed by atoms with E-state index < -0.39 is 11.5 Å². The molecule has 2 amide bonds. The quantitative estimate of drug-likeness (QED) is 0.123. The number of unbranched alkanes of at least 4 members (excludes halogenated alkanes) is 1. The number of hydrogen-bond acceptors (Lipinski definition) is 11. The first-order valence-corrected chi connectivity index (χ1v) is 15.7. The van der Waals surface area contributed by atoms with Crippen molar-refractivity contribution in [2.24, 2.45) is 10.2 Å². The third-order valence-electron chi connectivity index (χ3n) is 6.19. The SMILES string of the molecule is CC(C)(C)OC(=O)CCCCNC(=O)c1ccc(-c2csc(N3N=C(c4ccccc4)/C(=N\Nc4nccs4)C3=O)n2)cc1. The zero-order valence-corrected chi connectivity index (χ0v) is 26.1. The Hall–Kier alpha value is -4.75. The van der Waals surface area contributed by atoms with Crippen molar-refractivity contribution in [2.75, 3.05) is 17.0 Å². The van der Waals surface area contributed by atoms with E-state index in [1.54, 1.807) is 18.3 Å². The Balaban J connectivity index is 1.21. The van der Waals surface area contributed by atoms with Crippen LogP contribution < -0.4 is 15.8 Å². The van der Waals surface area contributed by atoms with Gasteiger partial charge in [-0.05, 0) is 45.7 Å². The summed E-state index contributed by atoms with van der Waals surface area (Å²) in [4.78, 5) is 46.7. The van der Waals surface area contributed by atoms with Crippen LogP contribution in [0.3, 0.4) is 0 Å². The molecule has 0 aliphatic carbocycles. The average Bonchev–Trinajstić information content (AvgIpc) is 3.76. The number of carbonyl (C=O) groups excluding carboxylic acids is 3. The molecule has 13 heteroatoms. The van der Waals surface area contributed by atoms with E-state index in [9.17, 15) is 14.4 Å². The molecule has 0 saturated carbocycles. The summed E-state index contributed by atoms with van der Waals surface area (Å²) in [6.45, 7) is 5.97. The van der Waals surface area contributed by atoms with Gasteiger partial charge in [0.2, 0.25) is 10.3 Å². The topological polar surface area (TPSA) is 138 Å². The van der Waals surface area contributed by atoms with Crippen LogP contribution in [-0.2, 0) is 14.3 Å². The summed E-state index contributed by atoms with van der Waals surface area (Å²) in [5.74, 6) is -0.845. The van der Waals surface area contributed by atoms with E-state index in [-0.39, 0.29) is 17.6 Å². The van der Waals surface area contributed by atoms with Crippen LogP contribution in [0.2, 0.25) is 0 Å². The fourth-order valence-corrected chi connectivity index (χ4v) is 5.43. The van der Waals surface area contributed by atoms with Crippen LogP contribution in [0.15, 0.2) is 81.8 Å². The summed E-state index contributed by atoms with van der Waals surface area (Å²) in [6.07, 6.45) is 3.26. The average molecular weight is 630 g/mol.